The van der Waals surface area contributed by atoms with Crippen LogP contribution in [0.2, 0.25) is 5.15 Å². The van der Waals surface area contributed by atoms with Crippen molar-refractivity contribution in [3.63, 3.8) is 0 Å². The third-order valence-corrected chi connectivity index (χ3v) is 2.86. The van der Waals surface area contributed by atoms with E-state index in [-0.39, 0.29) is 11.8 Å². The Labute approximate surface area is 118 Å². The van der Waals surface area contributed by atoms with E-state index in [1.54, 1.807) is 19.1 Å². The molecule has 0 aliphatic carbocycles. The first kappa shape index (κ1) is 15.6. The Morgan fingerprint density at radius 3 is 2.58 bits per heavy atom. The van der Waals surface area contributed by atoms with Gasteiger partial charge in [0.25, 0.3) is 0 Å². The highest BCUT2D eigenvalue weighted by Gasteiger charge is 2.06. The Kier molecular flexibility index (Phi) is 7.11. The van der Waals surface area contributed by atoms with Crippen molar-refractivity contribution < 1.29 is 14.3 Å². The standard InChI is InChI=1S/C14H18ClNO3/c1-2-19-14(18)7-5-3-4-6-12(17)11-8-9-13(15)16-10-11/h8-10H,2-7H2,1H3. The SMILES string of the molecule is CCOC(=O)CCCCCC(=O)c1ccc(Cl)nc1. The Balaban J connectivity index is 2.17. The summed E-state index contributed by atoms with van der Waals surface area (Å²) >= 11 is 5.65. The summed E-state index contributed by atoms with van der Waals surface area (Å²) in [5.74, 6) is -0.115. The molecule has 0 amide bonds. The summed E-state index contributed by atoms with van der Waals surface area (Å²) in [5.41, 5.74) is 0.579. The van der Waals surface area contributed by atoms with Gasteiger partial charge in [-0.2, -0.15) is 0 Å². The number of pyridine rings is 1. The lowest BCUT2D eigenvalue weighted by molar-refractivity contribution is -0.143. The van der Waals surface area contributed by atoms with Gasteiger partial charge in [-0.15, -0.1) is 0 Å². The monoisotopic (exact) mass is 283 g/mol. The number of unbranched alkanes of at least 4 members (excludes halogenated alkanes) is 2. The fourth-order valence-electron chi connectivity index (χ4n) is 1.65. The molecule has 4 nitrogen and oxygen atoms in total. The van der Waals surface area contributed by atoms with Crippen molar-refractivity contribution in [2.45, 2.75) is 39.0 Å². The van der Waals surface area contributed by atoms with Crippen LogP contribution in [0.4, 0.5) is 0 Å². The fourth-order valence-corrected chi connectivity index (χ4v) is 1.76. The maximum Gasteiger partial charge on any atom is 0.305 e. The molecule has 0 spiro atoms. The van der Waals surface area contributed by atoms with Crippen LogP contribution in [0.3, 0.4) is 0 Å². The zero-order valence-electron chi connectivity index (χ0n) is 11.0. The van der Waals surface area contributed by atoms with E-state index in [0.29, 0.717) is 30.2 Å². The van der Waals surface area contributed by atoms with E-state index in [4.69, 9.17) is 16.3 Å². The molecule has 1 aromatic rings. The molecule has 1 aromatic heterocycles. The summed E-state index contributed by atoms with van der Waals surface area (Å²) in [6.45, 7) is 2.21. The van der Waals surface area contributed by atoms with Gasteiger partial charge in [0.15, 0.2) is 5.78 Å². The van der Waals surface area contributed by atoms with Crippen LogP contribution in [-0.4, -0.2) is 23.3 Å². The van der Waals surface area contributed by atoms with Crippen LogP contribution in [0.25, 0.3) is 0 Å². The zero-order chi connectivity index (χ0) is 14.1. The maximum atomic E-state index is 11.8. The summed E-state index contributed by atoms with van der Waals surface area (Å²) in [5, 5.41) is 0.381. The molecule has 5 heteroatoms. The molecular weight excluding hydrogens is 266 g/mol. The minimum absolute atomic E-state index is 0.0558. The van der Waals surface area contributed by atoms with Crippen molar-refractivity contribution in [2.24, 2.45) is 0 Å². The average Bonchev–Trinajstić information content (AvgIpc) is 2.39. The zero-order valence-corrected chi connectivity index (χ0v) is 11.8. The largest absolute Gasteiger partial charge is 0.466 e. The van der Waals surface area contributed by atoms with Crippen LogP contribution in [0.1, 0.15) is 49.4 Å². The molecule has 0 saturated heterocycles. The first-order valence-electron chi connectivity index (χ1n) is 6.44. The predicted octanol–water partition coefficient (Wildman–Crippen LogP) is 3.43. The van der Waals surface area contributed by atoms with Crippen molar-refractivity contribution in [1.29, 1.82) is 0 Å². The molecule has 0 fully saturated rings. The fraction of sp³-hybridized carbons (Fsp3) is 0.500. The van der Waals surface area contributed by atoms with Crippen LogP contribution >= 0.6 is 11.6 Å². The van der Waals surface area contributed by atoms with Crippen LogP contribution < -0.4 is 0 Å². The molecule has 0 saturated carbocycles. The van der Waals surface area contributed by atoms with Crippen LogP contribution in [0.15, 0.2) is 18.3 Å². The first-order chi connectivity index (χ1) is 9.13. The molecule has 0 bridgehead atoms. The summed E-state index contributed by atoms with van der Waals surface area (Å²) in [6.07, 6.45) is 4.73. The second kappa shape index (κ2) is 8.64. The molecule has 1 heterocycles. The lowest BCUT2D eigenvalue weighted by Gasteiger charge is -2.02. The van der Waals surface area contributed by atoms with E-state index in [1.807, 2.05) is 0 Å². The highest BCUT2D eigenvalue weighted by Crippen LogP contribution is 2.11. The Hall–Kier alpha value is -1.42. The summed E-state index contributed by atoms with van der Waals surface area (Å²) in [6, 6.07) is 3.28. The van der Waals surface area contributed by atoms with E-state index < -0.39 is 0 Å². The van der Waals surface area contributed by atoms with Gasteiger partial charge in [0.1, 0.15) is 5.15 Å². The molecule has 1 rings (SSSR count). The summed E-state index contributed by atoms with van der Waals surface area (Å²) in [7, 11) is 0. The number of ketones is 1. The van der Waals surface area contributed by atoms with Crippen LogP contribution in [-0.2, 0) is 9.53 Å². The molecule has 0 radical (unpaired) electrons. The summed E-state index contributed by atoms with van der Waals surface area (Å²) in [4.78, 5) is 26.7. The molecule has 0 unspecified atom stereocenters. The van der Waals surface area contributed by atoms with E-state index in [2.05, 4.69) is 4.98 Å². The normalized spacial score (nSPS) is 10.2. The highest BCUT2D eigenvalue weighted by atomic mass is 35.5. The Bertz CT molecular complexity index is 417. The van der Waals surface area contributed by atoms with Gasteiger partial charge in [0, 0.05) is 24.6 Å². The molecule has 0 aromatic carbocycles. The average molecular weight is 284 g/mol. The van der Waals surface area contributed by atoms with E-state index in [9.17, 15) is 9.59 Å². The van der Waals surface area contributed by atoms with Gasteiger partial charge < -0.3 is 4.74 Å². The number of ether oxygens (including phenoxy) is 1. The summed E-state index contributed by atoms with van der Waals surface area (Å²) < 4.78 is 4.82. The molecule has 0 aliphatic rings. The number of hydrogen-bond donors (Lipinski definition) is 0. The van der Waals surface area contributed by atoms with Gasteiger partial charge in [-0.1, -0.05) is 18.0 Å². The van der Waals surface area contributed by atoms with Crippen molar-refractivity contribution in [1.82, 2.24) is 4.98 Å². The topological polar surface area (TPSA) is 56.3 Å². The van der Waals surface area contributed by atoms with Gasteiger partial charge in [0.2, 0.25) is 0 Å². The first-order valence-corrected chi connectivity index (χ1v) is 6.81. The van der Waals surface area contributed by atoms with Crippen LogP contribution in [0.5, 0.6) is 0 Å². The number of carbonyl (C=O) groups excluding carboxylic acids is 2. The minimum Gasteiger partial charge on any atom is -0.466 e. The van der Waals surface area contributed by atoms with Crippen LogP contribution in [0, 0.1) is 0 Å². The number of carbonyl (C=O) groups is 2. The molecule has 0 N–H and O–H groups in total. The van der Waals surface area contributed by atoms with Gasteiger partial charge in [0.05, 0.1) is 6.61 Å². The second-order valence-electron chi connectivity index (χ2n) is 4.16. The maximum absolute atomic E-state index is 11.8. The third-order valence-electron chi connectivity index (χ3n) is 2.64. The number of rotatable bonds is 8. The van der Waals surface area contributed by atoms with Crippen molar-refractivity contribution in [2.75, 3.05) is 6.61 Å². The van der Waals surface area contributed by atoms with E-state index in [1.165, 1.54) is 6.20 Å². The van der Waals surface area contributed by atoms with Crippen molar-refractivity contribution >= 4 is 23.4 Å². The molecule has 0 atom stereocenters. The minimum atomic E-state index is -0.171. The smallest absolute Gasteiger partial charge is 0.305 e. The molecule has 104 valence electrons. The van der Waals surface area contributed by atoms with Crippen molar-refractivity contribution in [3.05, 3.63) is 29.0 Å². The quantitative estimate of drug-likeness (QED) is 0.317. The lowest BCUT2D eigenvalue weighted by Crippen LogP contribution is -2.03. The number of halogens is 1. The lowest BCUT2D eigenvalue weighted by atomic mass is 10.1. The number of aromatic nitrogens is 1. The van der Waals surface area contributed by atoms with Gasteiger partial charge in [-0.05, 0) is 31.9 Å². The predicted molar refractivity (Wildman–Crippen MR) is 73.3 cm³/mol. The van der Waals surface area contributed by atoms with Gasteiger partial charge in [-0.3, -0.25) is 9.59 Å². The Morgan fingerprint density at radius 1 is 1.21 bits per heavy atom. The number of nitrogens with zero attached hydrogens (tertiary/aromatic N) is 1. The third kappa shape index (κ3) is 6.34. The molecule has 19 heavy (non-hydrogen) atoms. The van der Waals surface area contributed by atoms with E-state index in [0.717, 1.165) is 19.3 Å². The van der Waals surface area contributed by atoms with Gasteiger partial charge in [-0.25, -0.2) is 4.98 Å². The number of esters is 1. The Morgan fingerprint density at radius 2 is 1.95 bits per heavy atom. The van der Waals surface area contributed by atoms with Crippen molar-refractivity contribution in [3.8, 4) is 0 Å². The highest BCUT2D eigenvalue weighted by molar-refractivity contribution is 6.29. The molecular formula is C14H18ClNO3. The van der Waals surface area contributed by atoms with Gasteiger partial charge >= 0.3 is 5.97 Å². The number of hydrogen-bond acceptors (Lipinski definition) is 4. The van der Waals surface area contributed by atoms with E-state index >= 15 is 0 Å². The number of Topliss-reactive ketones (excluding diaryl/α,β-unsaturated/α-hetero) is 1. The second-order valence-corrected chi connectivity index (χ2v) is 4.55. The molecule has 0 aliphatic heterocycles.